The highest BCUT2D eigenvalue weighted by Gasteiger charge is 2.32. The number of nitrogens with two attached hydrogens (primary N) is 1. The second-order valence-corrected chi connectivity index (χ2v) is 4.78. The predicted octanol–water partition coefficient (Wildman–Crippen LogP) is 2.01. The molecule has 1 aliphatic rings. The lowest BCUT2D eigenvalue weighted by Gasteiger charge is -2.15. The SMILES string of the molecule is CCOC(=O)CC1c2ccc(OCC)cc2CC1N. The van der Waals surface area contributed by atoms with E-state index in [9.17, 15) is 4.79 Å². The van der Waals surface area contributed by atoms with Gasteiger partial charge in [0, 0.05) is 12.0 Å². The lowest BCUT2D eigenvalue weighted by atomic mass is 9.95. The molecule has 0 aromatic heterocycles. The Labute approximate surface area is 113 Å². The molecule has 0 fully saturated rings. The van der Waals surface area contributed by atoms with E-state index >= 15 is 0 Å². The van der Waals surface area contributed by atoms with Crippen LogP contribution in [0.15, 0.2) is 18.2 Å². The van der Waals surface area contributed by atoms with Crippen LogP contribution in [-0.2, 0) is 16.0 Å². The summed E-state index contributed by atoms with van der Waals surface area (Å²) in [4.78, 5) is 11.6. The Balaban J connectivity index is 2.15. The number of rotatable bonds is 5. The summed E-state index contributed by atoms with van der Waals surface area (Å²) in [6.07, 6.45) is 1.15. The van der Waals surface area contributed by atoms with Crippen molar-refractivity contribution in [1.29, 1.82) is 0 Å². The van der Waals surface area contributed by atoms with Crippen LogP contribution in [0.2, 0.25) is 0 Å². The van der Waals surface area contributed by atoms with Gasteiger partial charge in [0.25, 0.3) is 0 Å². The number of carbonyl (C=O) groups is 1. The van der Waals surface area contributed by atoms with Crippen LogP contribution in [0.4, 0.5) is 0 Å². The predicted molar refractivity (Wildman–Crippen MR) is 73.3 cm³/mol. The van der Waals surface area contributed by atoms with Crippen LogP contribution in [0.1, 0.15) is 37.3 Å². The molecule has 2 atom stereocenters. The van der Waals surface area contributed by atoms with Gasteiger partial charge < -0.3 is 15.2 Å². The second-order valence-electron chi connectivity index (χ2n) is 4.78. The summed E-state index contributed by atoms with van der Waals surface area (Å²) in [5, 5.41) is 0. The molecule has 0 radical (unpaired) electrons. The molecule has 0 amide bonds. The fourth-order valence-corrected chi connectivity index (χ4v) is 2.66. The Bertz CT molecular complexity index is 459. The summed E-state index contributed by atoms with van der Waals surface area (Å²) < 4.78 is 10.5. The standard InChI is InChI=1S/C15H21NO3/c1-3-18-11-5-6-12-10(7-11)8-14(16)13(12)9-15(17)19-4-2/h5-7,13-14H,3-4,8-9,16H2,1-2H3. The van der Waals surface area contributed by atoms with Gasteiger partial charge in [-0.2, -0.15) is 0 Å². The average molecular weight is 263 g/mol. The summed E-state index contributed by atoms with van der Waals surface area (Å²) in [6, 6.07) is 5.98. The molecule has 0 heterocycles. The summed E-state index contributed by atoms with van der Waals surface area (Å²) in [5.41, 5.74) is 8.49. The molecule has 4 heteroatoms. The van der Waals surface area contributed by atoms with Crippen LogP contribution in [0.3, 0.4) is 0 Å². The van der Waals surface area contributed by atoms with Crippen LogP contribution in [-0.4, -0.2) is 25.2 Å². The van der Waals surface area contributed by atoms with Crippen LogP contribution < -0.4 is 10.5 Å². The zero-order chi connectivity index (χ0) is 13.8. The molecule has 0 aliphatic heterocycles. The van der Waals surface area contributed by atoms with Gasteiger partial charge in [0.1, 0.15) is 5.75 Å². The number of benzene rings is 1. The first kappa shape index (κ1) is 13.9. The molecule has 1 aromatic carbocycles. The van der Waals surface area contributed by atoms with Crippen molar-refractivity contribution in [2.24, 2.45) is 5.73 Å². The lowest BCUT2D eigenvalue weighted by molar-refractivity contribution is -0.143. The number of hydrogen-bond donors (Lipinski definition) is 1. The minimum Gasteiger partial charge on any atom is -0.494 e. The van der Waals surface area contributed by atoms with E-state index in [1.165, 1.54) is 5.56 Å². The third kappa shape index (κ3) is 3.07. The van der Waals surface area contributed by atoms with Crippen molar-refractivity contribution in [3.63, 3.8) is 0 Å². The van der Waals surface area contributed by atoms with Gasteiger partial charge in [0.2, 0.25) is 0 Å². The van der Waals surface area contributed by atoms with Gasteiger partial charge >= 0.3 is 5.97 Å². The Morgan fingerprint density at radius 2 is 2.16 bits per heavy atom. The summed E-state index contributed by atoms with van der Waals surface area (Å²) in [7, 11) is 0. The fourth-order valence-electron chi connectivity index (χ4n) is 2.66. The first-order valence-corrected chi connectivity index (χ1v) is 6.82. The molecule has 19 heavy (non-hydrogen) atoms. The van der Waals surface area contributed by atoms with Gasteiger partial charge in [-0.25, -0.2) is 0 Å². The third-order valence-corrected chi connectivity index (χ3v) is 3.49. The maximum absolute atomic E-state index is 11.6. The minimum atomic E-state index is -0.176. The number of ether oxygens (including phenoxy) is 2. The highest BCUT2D eigenvalue weighted by molar-refractivity contribution is 5.71. The van der Waals surface area contributed by atoms with Crippen molar-refractivity contribution < 1.29 is 14.3 Å². The molecule has 0 spiro atoms. The summed E-state index contributed by atoms with van der Waals surface area (Å²) in [6.45, 7) is 4.84. The summed E-state index contributed by atoms with van der Waals surface area (Å²) in [5.74, 6) is 0.750. The molecule has 0 saturated heterocycles. The van der Waals surface area contributed by atoms with E-state index < -0.39 is 0 Å². The van der Waals surface area contributed by atoms with E-state index in [0.29, 0.717) is 19.6 Å². The smallest absolute Gasteiger partial charge is 0.306 e. The number of esters is 1. The van der Waals surface area contributed by atoms with Crippen LogP contribution >= 0.6 is 0 Å². The van der Waals surface area contributed by atoms with Gasteiger partial charge in [-0.3, -0.25) is 4.79 Å². The molecule has 2 rings (SSSR count). The maximum Gasteiger partial charge on any atom is 0.306 e. The van der Waals surface area contributed by atoms with Crippen molar-refractivity contribution in [3.05, 3.63) is 29.3 Å². The van der Waals surface area contributed by atoms with E-state index in [1.54, 1.807) is 0 Å². The molecule has 2 N–H and O–H groups in total. The lowest BCUT2D eigenvalue weighted by Crippen LogP contribution is -2.27. The maximum atomic E-state index is 11.6. The van der Waals surface area contributed by atoms with Gasteiger partial charge in [-0.1, -0.05) is 6.07 Å². The largest absolute Gasteiger partial charge is 0.494 e. The Kier molecular flexibility index (Phi) is 4.43. The second kappa shape index (κ2) is 6.06. The molecule has 1 aliphatic carbocycles. The zero-order valence-corrected chi connectivity index (χ0v) is 11.5. The highest BCUT2D eigenvalue weighted by atomic mass is 16.5. The Morgan fingerprint density at radius 3 is 2.84 bits per heavy atom. The first-order valence-electron chi connectivity index (χ1n) is 6.82. The first-order chi connectivity index (χ1) is 9.15. The summed E-state index contributed by atoms with van der Waals surface area (Å²) >= 11 is 0. The van der Waals surface area contributed by atoms with Gasteiger partial charge in [-0.15, -0.1) is 0 Å². The van der Waals surface area contributed by atoms with Crippen LogP contribution in [0.5, 0.6) is 5.75 Å². The molecule has 0 saturated carbocycles. The van der Waals surface area contributed by atoms with E-state index in [2.05, 4.69) is 0 Å². The quantitative estimate of drug-likeness (QED) is 0.825. The number of hydrogen-bond acceptors (Lipinski definition) is 4. The Morgan fingerprint density at radius 1 is 1.37 bits per heavy atom. The minimum absolute atomic E-state index is 0.0173. The van der Waals surface area contributed by atoms with E-state index in [4.69, 9.17) is 15.2 Å². The molecule has 0 bridgehead atoms. The van der Waals surface area contributed by atoms with Crippen LogP contribution in [0, 0.1) is 0 Å². The molecule has 4 nitrogen and oxygen atoms in total. The van der Waals surface area contributed by atoms with Crippen molar-refractivity contribution >= 4 is 5.97 Å². The molecule has 104 valence electrons. The van der Waals surface area contributed by atoms with Gasteiger partial charge in [0.05, 0.1) is 19.6 Å². The monoisotopic (exact) mass is 263 g/mol. The van der Waals surface area contributed by atoms with Gasteiger partial charge in [0.15, 0.2) is 0 Å². The van der Waals surface area contributed by atoms with E-state index in [0.717, 1.165) is 17.7 Å². The average Bonchev–Trinajstić information content (AvgIpc) is 2.66. The van der Waals surface area contributed by atoms with Gasteiger partial charge in [-0.05, 0) is 43.5 Å². The molecule has 1 aromatic rings. The molecule has 2 unspecified atom stereocenters. The van der Waals surface area contributed by atoms with E-state index in [1.807, 2.05) is 32.0 Å². The highest BCUT2D eigenvalue weighted by Crippen LogP contribution is 2.36. The number of fused-ring (bicyclic) bond motifs is 1. The third-order valence-electron chi connectivity index (χ3n) is 3.49. The fraction of sp³-hybridized carbons (Fsp3) is 0.533. The van der Waals surface area contributed by atoms with Crippen molar-refractivity contribution in [2.75, 3.05) is 13.2 Å². The van der Waals surface area contributed by atoms with Crippen LogP contribution in [0.25, 0.3) is 0 Å². The zero-order valence-electron chi connectivity index (χ0n) is 11.5. The molecular weight excluding hydrogens is 242 g/mol. The topological polar surface area (TPSA) is 61.5 Å². The van der Waals surface area contributed by atoms with E-state index in [-0.39, 0.29) is 17.9 Å². The normalized spacial score (nSPS) is 21.0. The van der Waals surface area contributed by atoms with Crippen molar-refractivity contribution in [3.8, 4) is 5.75 Å². The van der Waals surface area contributed by atoms with Crippen molar-refractivity contribution in [2.45, 2.75) is 38.6 Å². The Hall–Kier alpha value is -1.55. The van der Waals surface area contributed by atoms with Crippen molar-refractivity contribution in [1.82, 2.24) is 0 Å². The molecular formula is C15H21NO3. The number of carbonyl (C=O) groups excluding carboxylic acids is 1.